The number of ether oxygens (including phenoxy) is 1. The Morgan fingerprint density at radius 3 is 2.45 bits per heavy atom. The lowest BCUT2D eigenvalue weighted by molar-refractivity contribution is -0.156. The minimum absolute atomic E-state index is 0.212. The number of carbonyl (C=O) groups is 1. The topological polar surface area (TPSA) is 82.1 Å². The fraction of sp³-hybridized carbons (Fsp3) is 0.917. The first-order chi connectivity index (χ1) is 9.31. The van der Waals surface area contributed by atoms with Gasteiger partial charge >= 0.3 is 5.97 Å². The molecule has 0 spiro atoms. The average Bonchev–Trinajstić information content (AvgIpc) is 2.38. The molecule has 7 nitrogen and oxygen atoms in total. The van der Waals surface area contributed by atoms with Gasteiger partial charge in [-0.2, -0.15) is 0 Å². The van der Waals surface area contributed by atoms with Gasteiger partial charge in [0.25, 0.3) is 0 Å². The Bertz CT molecular complexity index is 343. The fourth-order valence-electron chi connectivity index (χ4n) is 1.79. The van der Waals surface area contributed by atoms with E-state index in [1.807, 2.05) is 0 Å². The third-order valence-electron chi connectivity index (χ3n) is 3.31. The van der Waals surface area contributed by atoms with Crippen LogP contribution in [0, 0.1) is 5.41 Å². The second-order valence-electron chi connectivity index (χ2n) is 5.63. The number of carbonyl (C=O) groups excluding carboxylic acids is 1. The smallest absolute Gasteiger partial charge is 0.313 e. The monoisotopic (exact) mass is 307 g/mol. The van der Waals surface area contributed by atoms with Gasteiger partial charge in [0.2, 0.25) is 0 Å². The quantitative estimate of drug-likeness (QED) is 0.468. The van der Waals surface area contributed by atoms with Crippen molar-refractivity contribution in [1.82, 2.24) is 9.80 Å². The first-order valence-corrected chi connectivity index (χ1v) is 7.62. The lowest BCUT2D eigenvalue weighted by atomic mass is 9.95. The molecule has 118 valence electrons. The van der Waals surface area contributed by atoms with E-state index in [0.29, 0.717) is 13.2 Å². The van der Waals surface area contributed by atoms with Gasteiger partial charge in [-0.05, 0) is 20.9 Å². The number of nitrogens with zero attached hydrogens (tertiary/aromatic N) is 2. The van der Waals surface area contributed by atoms with Gasteiger partial charge < -0.3 is 14.2 Å². The lowest BCUT2D eigenvalue weighted by Crippen LogP contribution is -2.45. The minimum atomic E-state index is -2.61. The predicted octanol–water partition coefficient (Wildman–Crippen LogP) is -0.386. The zero-order valence-corrected chi connectivity index (χ0v) is 13.1. The molecule has 0 bridgehead atoms. The summed E-state index contributed by atoms with van der Waals surface area (Å²) in [6.45, 7) is 7.96. The maximum absolute atomic E-state index is 11.8. The van der Waals surface area contributed by atoms with Crippen molar-refractivity contribution in [3.05, 3.63) is 0 Å². The summed E-state index contributed by atoms with van der Waals surface area (Å²) in [6, 6.07) is 0. The van der Waals surface area contributed by atoms with E-state index in [-0.39, 0.29) is 6.61 Å². The average molecular weight is 307 g/mol. The van der Waals surface area contributed by atoms with E-state index in [2.05, 4.69) is 21.0 Å². The molecule has 0 N–H and O–H groups in total. The number of likely N-dealkylation sites (N-methyl/N-ethyl adjacent to an activating group) is 1. The van der Waals surface area contributed by atoms with Gasteiger partial charge in [0.05, 0.1) is 23.4 Å². The van der Waals surface area contributed by atoms with E-state index >= 15 is 0 Å². The highest BCUT2D eigenvalue weighted by atomic mass is 32.2. The van der Waals surface area contributed by atoms with Crippen molar-refractivity contribution in [2.45, 2.75) is 13.8 Å². The van der Waals surface area contributed by atoms with Crippen molar-refractivity contribution in [3.63, 3.8) is 0 Å². The summed E-state index contributed by atoms with van der Waals surface area (Å²) in [5.74, 6) is -0.447. The molecule has 1 rings (SSSR count). The molecule has 1 aliphatic heterocycles. The molecule has 1 saturated heterocycles. The first-order valence-electron chi connectivity index (χ1n) is 6.62. The van der Waals surface area contributed by atoms with E-state index in [4.69, 9.17) is 4.74 Å². The van der Waals surface area contributed by atoms with E-state index in [0.717, 1.165) is 26.2 Å². The summed E-state index contributed by atoms with van der Waals surface area (Å²) in [6.07, 6.45) is 0. The van der Waals surface area contributed by atoms with Crippen LogP contribution in [-0.4, -0.2) is 77.5 Å². The zero-order valence-electron chi connectivity index (χ0n) is 12.3. The Morgan fingerprint density at radius 1 is 1.30 bits per heavy atom. The summed E-state index contributed by atoms with van der Waals surface area (Å²) in [4.78, 5) is 16.3. The third-order valence-corrected chi connectivity index (χ3v) is 3.62. The highest BCUT2D eigenvalue weighted by molar-refractivity contribution is 7.74. The molecule has 0 saturated carbocycles. The van der Waals surface area contributed by atoms with Crippen molar-refractivity contribution >= 4 is 17.3 Å². The molecule has 8 heteroatoms. The zero-order chi connectivity index (χ0) is 15.2. The Labute approximate surface area is 122 Å². The van der Waals surface area contributed by atoms with E-state index in [9.17, 15) is 13.6 Å². The minimum Gasteiger partial charge on any atom is -0.750 e. The summed E-state index contributed by atoms with van der Waals surface area (Å²) in [5.41, 5.74) is -0.970. The Morgan fingerprint density at radius 2 is 1.90 bits per heavy atom. The Hall–Kier alpha value is -0.540. The first kappa shape index (κ1) is 17.5. The second kappa shape index (κ2) is 8.04. The number of hydrogen-bond acceptors (Lipinski definition) is 7. The van der Waals surface area contributed by atoms with E-state index in [1.54, 1.807) is 13.8 Å². The van der Waals surface area contributed by atoms with Gasteiger partial charge in [0.1, 0.15) is 6.61 Å². The van der Waals surface area contributed by atoms with Crippen LogP contribution >= 0.6 is 0 Å². The van der Waals surface area contributed by atoms with Crippen LogP contribution in [0.2, 0.25) is 0 Å². The van der Waals surface area contributed by atoms with E-state index in [1.165, 1.54) is 0 Å². The maximum atomic E-state index is 11.8. The molecule has 0 amide bonds. The predicted molar refractivity (Wildman–Crippen MR) is 73.5 cm³/mol. The molecule has 0 aromatic carbocycles. The highest BCUT2D eigenvalue weighted by Gasteiger charge is 2.30. The van der Waals surface area contributed by atoms with Crippen LogP contribution in [0.25, 0.3) is 0 Å². The van der Waals surface area contributed by atoms with Crippen LogP contribution in [0.1, 0.15) is 13.8 Å². The maximum Gasteiger partial charge on any atom is 0.313 e. The molecule has 0 aromatic rings. The van der Waals surface area contributed by atoms with Gasteiger partial charge in [-0.3, -0.25) is 13.9 Å². The van der Waals surface area contributed by atoms with Crippen LogP contribution < -0.4 is 0 Å². The molecular weight excluding hydrogens is 284 g/mol. The normalized spacial score (nSPS) is 19.8. The summed E-state index contributed by atoms with van der Waals surface area (Å²) in [5, 5.41) is 0. The van der Waals surface area contributed by atoms with Crippen molar-refractivity contribution in [2.24, 2.45) is 5.41 Å². The van der Waals surface area contributed by atoms with Gasteiger partial charge in [0.15, 0.2) is 0 Å². The molecule has 1 aliphatic rings. The van der Waals surface area contributed by atoms with Gasteiger partial charge in [-0.15, -0.1) is 0 Å². The van der Waals surface area contributed by atoms with Crippen molar-refractivity contribution in [2.75, 3.05) is 53.0 Å². The largest absolute Gasteiger partial charge is 0.750 e. The van der Waals surface area contributed by atoms with E-state index < -0.39 is 22.7 Å². The molecule has 0 aromatic heterocycles. The molecule has 0 radical (unpaired) electrons. The molecule has 0 aliphatic carbocycles. The van der Waals surface area contributed by atoms with Crippen molar-refractivity contribution in [3.8, 4) is 0 Å². The number of hydrogen-bond donors (Lipinski definition) is 0. The van der Waals surface area contributed by atoms with Crippen molar-refractivity contribution < 1.29 is 22.5 Å². The second-order valence-corrected chi connectivity index (χ2v) is 6.27. The van der Waals surface area contributed by atoms with Gasteiger partial charge in [0, 0.05) is 32.7 Å². The number of rotatable bonds is 7. The van der Waals surface area contributed by atoms with Crippen LogP contribution in [-0.2, 0) is 25.1 Å². The Kier molecular flexibility index (Phi) is 7.04. The summed E-state index contributed by atoms with van der Waals surface area (Å²) in [7, 11) is 2.08. The van der Waals surface area contributed by atoms with Gasteiger partial charge in [-0.1, -0.05) is 0 Å². The fourth-order valence-corrected chi connectivity index (χ4v) is 2.18. The summed E-state index contributed by atoms with van der Waals surface area (Å²) >= 11 is -2.61. The number of esters is 1. The van der Waals surface area contributed by atoms with Crippen LogP contribution in [0.15, 0.2) is 0 Å². The molecule has 20 heavy (non-hydrogen) atoms. The van der Waals surface area contributed by atoms with Crippen LogP contribution in [0.5, 0.6) is 0 Å². The Balaban J connectivity index is 2.23. The molecule has 1 fully saturated rings. The van der Waals surface area contributed by atoms with Crippen LogP contribution in [0.3, 0.4) is 0 Å². The molecule has 1 unspecified atom stereocenters. The third kappa shape index (κ3) is 6.27. The highest BCUT2D eigenvalue weighted by Crippen LogP contribution is 2.18. The molecule has 1 heterocycles. The number of piperazine rings is 1. The van der Waals surface area contributed by atoms with Gasteiger partial charge in [-0.25, -0.2) is 4.21 Å². The lowest BCUT2D eigenvalue weighted by Gasteiger charge is -2.32. The molecular formula is C12H23N2O5S-. The van der Waals surface area contributed by atoms with Crippen LogP contribution in [0.4, 0.5) is 0 Å². The van der Waals surface area contributed by atoms with Crippen molar-refractivity contribution in [1.29, 1.82) is 0 Å². The molecule has 1 atom stereocenters. The summed E-state index contributed by atoms with van der Waals surface area (Å²) < 4.78 is 30.3. The standard InChI is InChI=1S/C12H24N2O5S/c1-12(2,10-19-20(16)17)11(15)18-9-8-14-6-4-13(3)5-7-14/h4-10H2,1-3H3,(H,16,17)/p-1. The SMILES string of the molecule is CN1CCN(CCOC(=O)C(C)(C)COS(=O)[O-])CC1.